The highest BCUT2D eigenvalue weighted by Crippen LogP contribution is 2.05. The van der Waals surface area contributed by atoms with Crippen molar-refractivity contribution in [1.29, 1.82) is 0 Å². The van der Waals surface area contributed by atoms with Crippen LogP contribution in [0.15, 0.2) is 0 Å². The van der Waals surface area contributed by atoms with Gasteiger partial charge in [-0.1, -0.05) is 0 Å². The molecule has 0 aromatic heterocycles. The molecule has 0 bridgehead atoms. The van der Waals surface area contributed by atoms with E-state index in [1.54, 1.807) is 0 Å². The van der Waals surface area contributed by atoms with Crippen molar-refractivity contribution < 1.29 is 9.58 Å². The molecule has 0 aromatic carbocycles. The molecule has 0 unspecified atom stereocenters. The topological polar surface area (TPSA) is 60.0 Å². The number of piperazine rings is 1. The fraction of sp³-hybridized carbons (Fsp3) is 0.750. The summed E-state index contributed by atoms with van der Waals surface area (Å²) in [7, 11) is 3.88. The minimum atomic E-state index is -0.172. The zero-order chi connectivity index (χ0) is 9.84. The number of ketones is 1. The van der Waals surface area contributed by atoms with Crippen molar-refractivity contribution in [3.05, 3.63) is 5.53 Å². The van der Waals surface area contributed by atoms with Crippen LogP contribution in [0, 0.1) is 0 Å². The highest BCUT2D eigenvalue weighted by atomic mass is 16.1. The van der Waals surface area contributed by atoms with Crippen molar-refractivity contribution in [3.63, 3.8) is 0 Å². The number of carbonyl (C=O) groups is 1. The maximum atomic E-state index is 11.4. The molecule has 0 N–H and O–H groups in total. The van der Waals surface area contributed by atoms with Gasteiger partial charge in [0.1, 0.15) is 0 Å². The van der Waals surface area contributed by atoms with E-state index in [-0.39, 0.29) is 11.8 Å². The van der Waals surface area contributed by atoms with Gasteiger partial charge in [-0.2, -0.15) is 4.79 Å². The van der Waals surface area contributed by atoms with Crippen molar-refractivity contribution in [1.82, 2.24) is 9.80 Å². The lowest BCUT2D eigenvalue weighted by atomic mass is 10.1. The molecular weight excluding hydrogens is 168 g/mol. The van der Waals surface area contributed by atoms with Crippen LogP contribution in [0.5, 0.6) is 0 Å². The summed E-state index contributed by atoms with van der Waals surface area (Å²) in [5, 5.41) is 0. The van der Waals surface area contributed by atoms with Gasteiger partial charge in [0.05, 0.1) is 6.04 Å². The van der Waals surface area contributed by atoms with Gasteiger partial charge in [0, 0.05) is 19.6 Å². The number of rotatable bonds is 2. The predicted molar refractivity (Wildman–Crippen MR) is 48.6 cm³/mol. The van der Waals surface area contributed by atoms with Crippen LogP contribution >= 0.6 is 0 Å². The Kier molecular flexibility index (Phi) is 3.31. The van der Waals surface area contributed by atoms with E-state index in [1.165, 1.54) is 0 Å². The quantitative estimate of drug-likeness (QED) is 0.316. The van der Waals surface area contributed by atoms with Crippen molar-refractivity contribution in [2.45, 2.75) is 6.04 Å². The van der Waals surface area contributed by atoms with E-state index in [0.717, 1.165) is 19.3 Å². The van der Waals surface area contributed by atoms with E-state index in [1.807, 2.05) is 19.0 Å². The van der Waals surface area contributed by atoms with E-state index in [4.69, 9.17) is 5.53 Å². The van der Waals surface area contributed by atoms with Crippen LogP contribution in [0.4, 0.5) is 0 Å². The van der Waals surface area contributed by atoms with Crippen LogP contribution in [-0.4, -0.2) is 66.4 Å². The first-order valence-electron chi connectivity index (χ1n) is 4.25. The maximum absolute atomic E-state index is 11.4. The fourth-order valence-electron chi connectivity index (χ4n) is 1.46. The summed E-state index contributed by atoms with van der Waals surface area (Å²) in [5.74, 6) is -0.142. The summed E-state index contributed by atoms with van der Waals surface area (Å²) < 4.78 is 0. The Morgan fingerprint density at radius 2 is 2.23 bits per heavy atom. The van der Waals surface area contributed by atoms with Crippen LogP contribution in [0.1, 0.15) is 0 Å². The second kappa shape index (κ2) is 4.28. The van der Waals surface area contributed by atoms with Gasteiger partial charge >= 0.3 is 6.21 Å². The molecule has 0 aliphatic carbocycles. The van der Waals surface area contributed by atoms with Crippen molar-refractivity contribution in [2.75, 3.05) is 33.7 Å². The fourth-order valence-corrected chi connectivity index (χ4v) is 1.46. The third-order valence-electron chi connectivity index (χ3n) is 2.36. The van der Waals surface area contributed by atoms with Crippen molar-refractivity contribution in [2.24, 2.45) is 0 Å². The largest absolute Gasteiger partial charge is 0.361 e. The van der Waals surface area contributed by atoms with Gasteiger partial charge in [-0.3, -0.25) is 9.69 Å². The second-order valence-electron chi connectivity index (χ2n) is 3.41. The summed E-state index contributed by atoms with van der Waals surface area (Å²) in [6.07, 6.45) is 0.973. The van der Waals surface area contributed by atoms with Gasteiger partial charge in [0.2, 0.25) is 0 Å². The van der Waals surface area contributed by atoms with Crippen LogP contribution in [0.25, 0.3) is 5.53 Å². The molecule has 1 aliphatic rings. The Morgan fingerprint density at radius 1 is 1.54 bits per heavy atom. The lowest BCUT2D eigenvalue weighted by Crippen LogP contribution is -2.53. The summed E-state index contributed by atoms with van der Waals surface area (Å²) >= 11 is 0. The van der Waals surface area contributed by atoms with Crippen LogP contribution in [0.3, 0.4) is 0 Å². The first-order chi connectivity index (χ1) is 6.15. The average Bonchev–Trinajstić information content (AvgIpc) is 2.09. The van der Waals surface area contributed by atoms with E-state index < -0.39 is 0 Å². The summed E-state index contributed by atoms with van der Waals surface area (Å²) in [6, 6.07) is -0.172. The standard InChI is InChI=1S/C8H14N4O/c1-11-3-4-12(2)7(6-11)8(13)5-10-9/h5,7H,3-4,6H2,1-2H3/t7-/m0/s1. The molecule has 72 valence electrons. The molecule has 0 amide bonds. The van der Waals surface area contributed by atoms with E-state index in [0.29, 0.717) is 6.54 Å². The third kappa shape index (κ3) is 2.45. The minimum Gasteiger partial charge on any atom is -0.361 e. The first kappa shape index (κ1) is 10.1. The minimum absolute atomic E-state index is 0.142. The van der Waals surface area contributed by atoms with Gasteiger partial charge in [-0.15, -0.1) is 0 Å². The predicted octanol–water partition coefficient (Wildman–Crippen LogP) is -0.898. The molecule has 1 aliphatic heterocycles. The number of nitrogens with zero attached hydrogens (tertiary/aromatic N) is 4. The molecule has 0 saturated carbocycles. The zero-order valence-corrected chi connectivity index (χ0v) is 7.97. The summed E-state index contributed by atoms with van der Waals surface area (Å²) in [4.78, 5) is 18.2. The lowest BCUT2D eigenvalue weighted by Gasteiger charge is -2.35. The van der Waals surface area contributed by atoms with Gasteiger partial charge in [0.25, 0.3) is 5.78 Å². The van der Waals surface area contributed by atoms with Crippen LogP contribution in [0.2, 0.25) is 0 Å². The van der Waals surface area contributed by atoms with Gasteiger partial charge in [0.15, 0.2) is 0 Å². The molecule has 1 fully saturated rings. The van der Waals surface area contributed by atoms with Gasteiger partial charge in [-0.25, -0.2) is 0 Å². The summed E-state index contributed by atoms with van der Waals surface area (Å²) in [5.41, 5.74) is 8.24. The van der Waals surface area contributed by atoms with Crippen LogP contribution < -0.4 is 0 Å². The Hall–Kier alpha value is -1.03. The Balaban J connectivity index is 2.65. The van der Waals surface area contributed by atoms with Crippen molar-refractivity contribution in [3.8, 4) is 0 Å². The normalized spacial score (nSPS) is 25.2. The van der Waals surface area contributed by atoms with Crippen LogP contribution in [-0.2, 0) is 4.79 Å². The van der Waals surface area contributed by atoms with E-state index in [2.05, 4.69) is 9.69 Å². The molecule has 0 radical (unpaired) electrons. The molecule has 1 atom stereocenters. The van der Waals surface area contributed by atoms with E-state index >= 15 is 0 Å². The third-order valence-corrected chi connectivity index (χ3v) is 2.36. The molecular formula is C8H14N4O. The molecule has 13 heavy (non-hydrogen) atoms. The molecule has 5 nitrogen and oxygen atoms in total. The second-order valence-corrected chi connectivity index (χ2v) is 3.41. The Labute approximate surface area is 77.6 Å². The maximum Gasteiger partial charge on any atom is 0.324 e. The highest BCUT2D eigenvalue weighted by Gasteiger charge is 2.29. The van der Waals surface area contributed by atoms with Crippen molar-refractivity contribution >= 4 is 12.0 Å². The van der Waals surface area contributed by atoms with Gasteiger partial charge in [-0.05, 0) is 14.1 Å². The number of Topliss-reactive ketones (excluding diaryl/α,β-unsaturated/α-hetero) is 1. The highest BCUT2D eigenvalue weighted by molar-refractivity contribution is 6.27. The lowest BCUT2D eigenvalue weighted by molar-refractivity contribution is -0.122. The number of hydrogen-bond donors (Lipinski definition) is 0. The SMILES string of the molecule is CN1CCN(C)[C@H](C(=O)C=[N+]=[N-])C1. The molecule has 0 aromatic rings. The zero-order valence-electron chi connectivity index (χ0n) is 7.97. The number of hydrogen-bond acceptors (Lipinski definition) is 3. The molecule has 5 heteroatoms. The molecule has 0 spiro atoms. The molecule has 1 saturated heterocycles. The summed E-state index contributed by atoms with van der Waals surface area (Å²) in [6.45, 7) is 2.53. The van der Waals surface area contributed by atoms with E-state index in [9.17, 15) is 4.79 Å². The number of carbonyl (C=O) groups excluding carboxylic acids is 1. The Morgan fingerprint density at radius 3 is 2.85 bits per heavy atom. The molecule has 1 heterocycles. The number of likely N-dealkylation sites (N-methyl/N-ethyl adjacent to an activating group) is 2. The average molecular weight is 182 g/mol. The first-order valence-corrected chi connectivity index (χ1v) is 4.25. The van der Waals surface area contributed by atoms with Gasteiger partial charge < -0.3 is 10.4 Å². The monoisotopic (exact) mass is 182 g/mol. The Bertz CT molecular complexity index is 247. The molecule has 1 rings (SSSR count). The smallest absolute Gasteiger partial charge is 0.324 e.